The number of amides is 1. The number of carbonyl (C=O) groups is 1. The normalized spacial score (nSPS) is 18.3. The lowest BCUT2D eigenvalue weighted by molar-refractivity contribution is -0.131. The third-order valence-corrected chi connectivity index (χ3v) is 5.31. The van der Waals surface area contributed by atoms with E-state index in [0.717, 1.165) is 17.9 Å². The Balaban J connectivity index is 1.55. The van der Waals surface area contributed by atoms with Gasteiger partial charge < -0.3 is 13.9 Å². The van der Waals surface area contributed by atoms with Crippen molar-refractivity contribution >= 4 is 17.7 Å². The first-order valence-electron chi connectivity index (χ1n) is 7.86. The van der Waals surface area contributed by atoms with Gasteiger partial charge >= 0.3 is 5.69 Å². The summed E-state index contributed by atoms with van der Waals surface area (Å²) in [6.45, 7) is 1.64. The minimum atomic E-state index is -0.486. The number of carbonyl (C=O) groups excluding carboxylic acids is 1. The Labute approximate surface area is 142 Å². The van der Waals surface area contributed by atoms with Crippen molar-refractivity contribution in [2.45, 2.75) is 24.6 Å². The number of hydrogen-bond acceptors (Lipinski definition) is 5. The van der Waals surface area contributed by atoms with Crippen LogP contribution in [-0.2, 0) is 11.3 Å². The molecule has 2 aromatic rings. The van der Waals surface area contributed by atoms with Crippen molar-refractivity contribution in [2.75, 3.05) is 18.8 Å². The van der Waals surface area contributed by atoms with Gasteiger partial charge in [0, 0.05) is 44.1 Å². The first-order chi connectivity index (χ1) is 11.6. The highest BCUT2D eigenvalue weighted by molar-refractivity contribution is 7.99. The van der Waals surface area contributed by atoms with Crippen LogP contribution < -0.4 is 11.2 Å². The van der Waals surface area contributed by atoms with E-state index < -0.39 is 11.2 Å². The number of aromatic nitrogens is 2. The van der Waals surface area contributed by atoms with Gasteiger partial charge in [-0.2, -0.15) is 0 Å². The number of furan rings is 1. The molecular weight excluding hydrogens is 330 g/mol. The van der Waals surface area contributed by atoms with Crippen LogP contribution in [0.3, 0.4) is 0 Å². The van der Waals surface area contributed by atoms with Crippen molar-refractivity contribution in [3.63, 3.8) is 0 Å². The zero-order valence-corrected chi connectivity index (χ0v) is 14.0. The van der Waals surface area contributed by atoms with Gasteiger partial charge in [0.15, 0.2) is 0 Å². The van der Waals surface area contributed by atoms with Gasteiger partial charge in [0.05, 0.1) is 11.5 Å². The van der Waals surface area contributed by atoms with Gasteiger partial charge in [0.2, 0.25) is 5.91 Å². The van der Waals surface area contributed by atoms with Gasteiger partial charge in [-0.15, -0.1) is 11.8 Å². The van der Waals surface area contributed by atoms with E-state index in [1.165, 1.54) is 16.8 Å². The van der Waals surface area contributed by atoms with Gasteiger partial charge in [-0.3, -0.25) is 14.6 Å². The predicted molar refractivity (Wildman–Crippen MR) is 91.0 cm³/mol. The van der Waals surface area contributed by atoms with Crippen LogP contribution in [0.5, 0.6) is 0 Å². The summed E-state index contributed by atoms with van der Waals surface area (Å²) in [5.74, 6) is 1.83. The molecule has 2 aromatic heterocycles. The summed E-state index contributed by atoms with van der Waals surface area (Å²) in [7, 11) is 0. The summed E-state index contributed by atoms with van der Waals surface area (Å²) in [4.78, 5) is 39.1. The number of rotatable bonds is 4. The van der Waals surface area contributed by atoms with Crippen LogP contribution >= 0.6 is 11.8 Å². The summed E-state index contributed by atoms with van der Waals surface area (Å²) < 4.78 is 6.81. The third-order valence-electron chi connectivity index (χ3n) is 4.02. The maximum Gasteiger partial charge on any atom is 0.328 e. The molecule has 0 saturated carbocycles. The monoisotopic (exact) mass is 349 g/mol. The molecule has 1 saturated heterocycles. The molecule has 1 amide bonds. The molecule has 0 aliphatic carbocycles. The van der Waals surface area contributed by atoms with Crippen LogP contribution in [-0.4, -0.2) is 39.2 Å². The molecule has 3 rings (SSSR count). The molecule has 1 N–H and O–H groups in total. The van der Waals surface area contributed by atoms with Crippen molar-refractivity contribution in [1.29, 1.82) is 0 Å². The highest BCUT2D eigenvalue weighted by Crippen LogP contribution is 2.34. The van der Waals surface area contributed by atoms with E-state index in [4.69, 9.17) is 4.42 Å². The fraction of sp³-hybridized carbons (Fsp3) is 0.438. The second kappa shape index (κ2) is 7.57. The van der Waals surface area contributed by atoms with Crippen LogP contribution in [0.1, 0.15) is 23.9 Å². The summed E-state index contributed by atoms with van der Waals surface area (Å²) in [6, 6.07) is 5.13. The van der Waals surface area contributed by atoms with E-state index in [9.17, 15) is 14.4 Å². The topological polar surface area (TPSA) is 88.3 Å². The molecule has 0 aromatic carbocycles. The molecule has 1 fully saturated rings. The molecule has 24 heavy (non-hydrogen) atoms. The number of nitrogens with one attached hydrogen (secondary N) is 1. The highest BCUT2D eigenvalue weighted by atomic mass is 32.2. The number of aryl methyl sites for hydroxylation is 1. The Hall–Kier alpha value is -2.22. The molecule has 128 valence electrons. The lowest BCUT2D eigenvalue weighted by atomic mass is 10.2. The van der Waals surface area contributed by atoms with E-state index in [0.29, 0.717) is 13.1 Å². The summed E-state index contributed by atoms with van der Waals surface area (Å²) in [5, 5.41) is 0.277. The highest BCUT2D eigenvalue weighted by Gasteiger charge is 2.23. The number of H-pyrrole nitrogens is 1. The Bertz CT molecular complexity index is 796. The fourth-order valence-corrected chi connectivity index (χ4v) is 3.90. The SMILES string of the molecule is O=C(CCn1ccc(=O)[nH]c1=O)N1CCSC(c2ccco2)CC1. The van der Waals surface area contributed by atoms with Crippen molar-refractivity contribution in [3.8, 4) is 0 Å². The van der Waals surface area contributed by atoms with Gasteiger partial charge in [-0.05, 0) is 18.6 Å². The van der Waals surface area contributed by atoms with Crippen LogP contribution in [0.25, 0.3) is 0 Å². The molecular formula is C16H19N3O4S. The molecule has 3 heterocycles. The van der Waals surface area contributed by atoms with E-state index in [-0.39, 0.29) is 24.1 Å². The zero-order chi connectivity index (χ0) is 16.9. The van der Waals surface area contributed by atoms with Crippen LogP contribution in [0.15, 0.2) is 44.7 Å². The summed E-state index contributed by atoms with van der Waals surface area (Å²) in [5.41, 5.74) is -0.921. The zero-order valence-electron chi connectivity index (χ0n) is 13.1. The minimum Gasteiger partial charge on any atom is -0.468 e. The van der Waals surface area contributed by atoms with Crippen LogP contribution in [0.2, 0.25) is 0 Å². The van der Waals surface area contributed by atoms with Crippen molar-refractivity contribution in [3.05, 3.63) is 57.3 Å². The van der Waals surface area contributed by atoms with Gasteiger partial charge in [-0.25, -0.2) is 4.79 Å². The quantitative estimate of drug-likeness (QED) is 0.897. The van der Waals surface area contributed by atoms with E-state index >= 15 is 0 Å². The third kappa shape index (κ3) is 4.00. The minimum absolute atomic E-state index is 0.0220. The molecule has 0 spiro atoms. The second-order valence-corrected chi connectivity index (χ2v) is 6.91. The van der Waals surface area contributed by atoms with Gasteiger partial charge in [0.1, 0.15) is 5.76 Å². The fourth-order valence-electron chi connectivity index (χ4n) is 2.72. The Morgan fingerprint density at radius 3 is 2.96 bits per heavy atom. The predicted octanol–water partition coefficient (Wildman–Crippen LogP) is 1.23. The smallest absolute Gasteiger partial charge is 0.328 e. The lowest BCUT2D eigenvalue weighted by Gasteiger charge is -2.20. The Kier molecular flexibility index (Phi) is 5.24. The van der Waals surface area contributed by atoms with Crippen molar-refractivity contribution in [2.24, 2.45) is 0 Å². The molecule has 0 bridgehead atoms. The maximum absolute atomic E-state index is 12.4. The van der Waals surface area contributed by atoms with E-state index in [1.54, 1.807) is 18.0 Å². The largest absolute Gasteiger partial charge is 0.468 e. The molecule has 8 heteroatoms. The van der Waals surface area contributed by atoms with Gasteiger partial charge in [-0.1, -0.05) is 0 Å². The molecule has 7 nitrogen and oxygen atoms in total. The average molecular weight is 349 g/mol. The summed E-state index contributed by atoms with van der Waals surface area (Å²) >= 11 is 1.80. The van der Waals surface area contributed by atoms with Crippen molar-refractivity contribution in [1.82, 2.24) is 14.5 Å². The molecule has 1 aliphatic heterocycles. The molecule has 1 aliphatic rings. The number of hydrogen-bond donors (Lipinski definition) is 1. The first kappa shape index (κ1) is 16.6. The molecule has 1 atom stereocenters. The van der Waals surface area contributed by atoms with Crippen LogP contribution in [0.4, 0.5) is 0 Å². The number of nitrogens with zero attached hydrogens (tertiary/aromatic N) is 2. The number of thioether (sulfide) groups is 1. The Morgan fingerprint density at radius 1 is 1.33 bits per heavy atom. The lowest BCUT2D eigenvalue weighted by Crippen LogP contribution is -2.35. The van der Waals surface area contributed by atoms with Crippen LogP contribution in [0, 0.1) is 0 Å². The summed E-state index contributed by atoms with van der Waals surface area (Å²) in [6.07, 6.45) is 4.18. The van der Waals surface area contributed by atoms with Crippen molar-refractivity contribution < 1.29 is 9.21 Å². The molecule has 1 unspecified atom stereocenters. The van der Waals surface area contributed by atoms with E-state index in [1.807, 2.05) is 17.0 Å². The van der Waals surface area contributed by atoms with Gasteiger partial charge in [0.25, 0.3) is 5.56 Å². The average Bonchev–Trinajstić information content (AvgIpc) is 2.98. The second-order valence-electron chi connectivity index (χ2n) is 5.60. The number of aromatic amines is 1. The molecule has 0 radical (unpaired) electrons. The maximum atomic E-state index is 12.4. The standard InChI is InChI=1S/C16H19N3O4S/c20-14-4-7-19(16(22)17-14)8-5-15(21)18-6-3-13(24-11-9-18)12-2-1-10-23-12/h1-2,4,7,10,13H,3,5-6,8-9,11H2,(H,17,20,22). The van der Waals surface area contributed by atoms with E-state index in [2.05, 4.69) is 4.98 Å². The Morgan fingerprint density at radius 2 is 2.21 bits per heavy atom. The first-order valence-corrected chi connectivity index (χ1v) is 8.91.